The first kappa shape index (κ1) is 81.3. The number of primary amides is 2. The molecule has 4 aliphatic rings. The fourth-order valence-electron chi connectivity index (χ4n) is 12.6. The molecule has 0 fully saturated rings. The van der Waals surface area contributed by atoms with E-state index in [9.17, 15) is 92.0 Å². The number of nitrogens with one attached hydrogen (secondary N) is 5. The Bertz CT molecular complexity index is 4820. The Morgan fingerprint density at radius 2 is 0.605 bits per heavy atom. The van der Waals surface area contributed by atoms with Gasteiger partial charge in [-0.05, 0) is 135 Å². The minimum atomic E-state index is -1.55. The van der Waals surface area contributed by atoms with E-state index in [1.54, 1.807) is 127 Å². The normalized spacial score (nSPS) is 14.0. The second-order valence-electron chi connectivity index (χ2n) is 25.4. The molecule has 4 aromatic heterocycles. The van der Waals surface area contributed by atoms with E-state index in [0.717, 1.165) is 9.80 Å². The van der Waals surface area contributed by atoms with Gasteiger partial charge in [-0.25, -0.2) is 14.4 Å². The van der Waals surface area contributed by atoms with E-state index in [1.807, 2.05) is 0 Å². The Kier molecular flexibility index (Phi) is 26.2. The van der Waals surface area contributed by atoms with Crippen LogP contribution in [0.15, 0.2) is 194 Å². The Labute approximate surface area is 644 Å². The number of rotatable bonds is 33. The maximum atomic E-state index is 13.1. The highest BCUT2D eigenvalue weighted by atomic mass is 16.4. The van der Waals surface area contributed by atoms with Crippen LogP contribution in [0.5, 0.6) is 0 Å². The lowest BCUT2D eigenvalue weighted by Crippen LogP contribution is -2.48. The molecule has 14 N–H and O–H groups in total. The van der Waals surface area contributed by atoms with Crippen molar-refractivity contribution in [3.05, 3.63) is 244 Å². The highest BCUT2D eigenvalue weighted by Gasteiger charge is 2.48. The molecule has 0 saturated carbocycles. The van der Waals surface area contributed by atoms with E-state index in [4.69, 9.17) is 39.3 Å². The Morgan fingerprint density at radius 1 is 0.325 bits per heavy atom. The van der Waals surface area contributed by atoms with Gasteiger partial charge in [0.05, 0.1) is 95.7 Å². The number of nitrogens with two attached hydrogens (primary N) is 2. The summed E-state index contributed by atoms with van der Waals surface area (Å²) in [6, 6.07) is 35.5. The molecular formula is C78H71N11O25. The molecule has 0 aliphatic carbocycles. The van der Waals surface area contributed by atoms with Crippen molar-refractivity contribution in [1.29, 1.82) is 0 Å². The third-order valence-electron chi connectivity index (χ3n) is 18.0. The van der Waals surface area contributed by atoms with Crippen LogP contribution in [0.3, 0.4) is 0 Å². The molecule has 5 aromatic carbocycles. The van der Waals surface area contributed by atoms with Crippen molar-refractivity contribution in [2.75, 3.05) is 26.6 Å². The predicted octanol–water partition coefficient (Wildman–Crippen LogP) is 7.58. The van der Waals surface area contributed by atoms with E-state index >= 15 is 0 Å². The van der Waals surface area contributed by atoms with E-state index in [-0.39, 0.29) is 103 Å². The molecule has 36 heteroatoms. The number of imide groups is 4. The highest BCUT2D eigenvalue weighted by Crippen LogP contribution is 2.37. The topological polar surface area (TPSA) is 552 Å². The smallest absolute Gasteiger partial charge is 0.326 e. The Balaban J connectivity index is 0.000000162. The first-order valence-corrected chi connectivity index (χ1v) is 34.8. The first-order valence-electron chi connectivity index (χ1n) is 34.8. The number of carbonyl (C=O) groups excluding carboxylic acids is 11. The lowest BCUT2D eigenvalue weighted by atomic mass is 10.1. The molecule has 9 aromatic rings. The lowest BCUT2D eigenvalue weighted by Gasteiger charge is -2.22. The van der Waals surface area contributed by atoms with Crippen molar-refractivity contribution in [3.8, 4) is 0 Å². The van der Waals surface area contributed by atoms with E-state index < -0.39 is 132 Å². The minimum Gasteiger partial charge on any atom is -0.481 e. The highest BCUT2D eigenvalue weighted by molar-refractivity contribution is 6.28. The number of carbonyl (C=O) groups is 16. The molecule has 8 heterocycles. The summed E-state index contributed by atoms with van der Waals surface area (Å²) in [5.74, 6) is -11.8. The fraction of sp³-hybridized carbons (Fsp3) is 0.205. The number of para-hydroxylation sites is 1. The Morgan fingerprint density at radius 3 is 0.868 bits per heavy atom. The van der Waals surface area contributed by atoms with Crippen LogP contribution >= 0.6 is 0 Å². The van der Waals surface area contributed by atoms with Gasteiger partial charge >= 0.3 is 29.8 Å². The number of amides is 11. The van der Waals surface area contributed by atoms with E-state index in [0.29, 0.717) is 67.8 Å². The van der Waals surface area contributed by atoms with Gasteiger partial charge in [0.1, 0.15) is 47.2 Å². The molecule has 36 nitrogen and oxygen atoms in total. The van der Waals surface area contributed by atoms with Crippen LogP contribution in [0.1, 0.15) is 157 Å². The maximum absolute atomic E-state index is 13.1. The fourth-order valence-corrected chi connectivity index (χ4v) is 12.6. The van der Waals surface area contributed by atoms with Crippen LogP contribution in [-0.4, -0.2) is 164 Å². The number of anilines is 5. The van der Waals surface area contributed by atoms with Gasteiger partial charge in [0.25, 0.3) is 47.3 Å². The van der Waals surface area contributed by atoms with Gasteiger partial charge in [0.15, 0.2) is 0 Å². The third kappa shape index (κ3) is 18.9. The zero-order valence-electron chi connectivity index (χ0n) is 59.9. The lowest BCUT2D eigenvalue weighted by molar-refractivity contribution is -0.143. The summed E-state index contributed by atoms with van der Waals surface area (Å²) in [7, 11) is 0. The molecule has 0 saturated heterocycles. The number of fused-ring (bicyclic) bond motifs is 4. The zero-order chi connectivity index (χ0) is 82.0. The van der Waals surface area contributed by atoms with Crippen LogP contribution in [0.4, 0.5) is 28.4 Å². The molecule has 0 radical (unpaired) electrons. The molecule has 588 valence electrons. The van der Waals surface area contributed by atoms with Crippen LogP contribution in [-0.2, 0) is 64.5 Å². The van der Waals surface area contributed by atoms with Gasteiger partial charge in [-0.2, -0.15) is 0 Å². The maximum Gasteiger partial charge on any atom is 0.326 e. The summed E-state index contributed by atoms with van der Waals surface area (Å²) in [6.07, 6.45) is 3.67. The summed E-state index contributed by atoms with van der Waals surface area (Å²) < 4.78 is 20.9. The molecule has 0 bridgehead atoms. The number of carboxylic acids is 5. The summed E-state index contributed by atoms with van der Waals surface area (Å²) in [5.41, 5.74) is 13.3. The minimum absolute atomic E-state index is 0.0654. The first-order chi connectivity index (χ1) is 54.6. The van der Waals surface area contributed by atoms with E-state index in [1.165, 1.54) is 49.3 Å². The van der Waals surface area contributed by atoms with Crippen molar-refractivity contribution in [2.24, 2.45) is 11.5 Å². The second kappa shape index (κ2) is 36.8. The number of hydrogen-bond donors (Lipinski definition) is 12. The van der Waals surface area contributed by atoms with Crippen molar-refractivity contribution in [3.63, 3.8) is 0 Å². The SMILES string of the molecule is NC(=O)C(CCC(=O)O)N1C(=O)c2cccc(NCc3ccco3)c2C1=O.NC(=O)CCC(C(=O)O)N1C(=O)c2cccc(NCc3ccco3)c2C1=O.O=C(CCC(C(=O)O)N1C(=O)c2cccc(NCc3ccco3)c2C1=O)Nc1ccccc1.O=C(O)CCC(C(=O)O)N1C(=O)c2cccc(NCc3ccco3)c2C1=O. The number of benzene rings is 5. The number of furan rings is 4. The molecule has 4 unspecified atom stereocenters. The number of aliphatic carboxylic acids is 5. The van der Waals surface area contributed by atoms with Crippen molar-refractivity contribution in [1.82, 2.24) is 19.6 Å². The molecular weight excluding hydrogens is 1490 g/mol. The molecule has 114 heavy (non-hydrogen) atoms. The Hall–Kier alpha value is -15.3. The summed E-state index contributed by atoms with van der Waals surface area (Å²) >= 11 is 0. The monoisotopic (exact) mass is 1560 g/mol. The summed E-state index contributed by atoms with van der Waals surface area (Å²) in [6.45, 7) is 1.14. The molecule has 4 aliphatic heterocycles. The summed E-state index contributed by atoms with van der Waals surface area (Å²) in [4.78, 5) is 197. The van der Waals surface area contributed by atoms with Crippen LogP contribution in [0, 0.1) is 0 Å². The van der Waals surface area contributed by atoms with Crippen LogP contribution in [0.25, 0.3) is 0 Å². The largest absolute Gasteiger partial charge is 0.481 e. The van der Waals surface area contributed by atoms with Crippen LogP contribution in [0.2, 0.25) is 0 Å². The third-order valence-corrected chi connectivity index (χ3v) is 18.0. The predicted molar refractivity (Wildman–Crippen MR) is 396 cm³/mol. The summed E-state index contributed by atoms with van der Waals surface area (Å²) in [5, 5.41) is 61.0. The number of carboxylic acid groups (broad SMARTS) is 5. The number of nitrogens with zero attached hydrogens (tertiary/aromatic N) is 4. The van der Waals surface area contributed by atoms with Gasteiger partial charge in [0.2, 0.25) is 17.7 Å². The second-order valence-corrected chi connectivity index (χ2v) is 25.4. The van der Waals surface area contributed by atoms with Gasteiger partial charge in [-0.1, -0.05) is 42.5 Å². The standard InChI is InChI=1S/C24H21N3O6.2C18H17N3O6.C18H16N2O7/c28-20(26-15-6-2-1-3-7-15)12-11-19(24(31)32)27-22(29)17-9-4-10-18(21(17)23(27)30)25-14-16-8-5-13-33-16;19-16(24)13(6-7-14(22)23)21-17(25)11-4-1-5-12(15(11)18(21)26)20-9-10-3-2-8-27-10;19-14(22)7-6-13(18(25)26)21-16(23)11-4-1-5-12(15(11)17(21)24)20-9-10-3-2-8-27-10;21-14(22)7-6-13(18(25)26)20-16(23)11-4-1-5-12(15(11)17(20)24)19-9-10-3-2-8-27-10/h1-10,13,19,25H,11-12,14H2,(H,26,28)(H,31,32);1-5,8,13,20H,6-7,9H2,(H2,19,24)(H,22,23);1-5,8,13,20H,6-7,9H2,(H2,19,22)(H,25,26);1-5,8,13,19H,6-7,9H2,(H,21,22)(H,25,26). The van der Waals surface area contributed by atoms with Crippen LogP contribution < -0.4 is 38.1 Å². The average Bonchev–Trinajstić information content (AvgIpc) is 1.63. The molecule has 4 atom stereocenters. The van der Waals surface area contributed by atoms with Gasteiger partial charge in [-0.3, -0.25) is 81.9 Å². The molecule has 11 amide bonds. The van der Waals surface area contributed by atoms with Crippen molar-refractivity contribution < 1.29 is 120 Å². The van der Waals surface area contributed by atoms with Crippen molar-refractivity contribution in [2.45, 2.75) is 102 Å². The number of hydrogen-bond acceptors (Lipinski definition) is 24. The van der Waals surface area contributed by atoms with E-state index in [2.05, 4.69) is 26.6 Å². The zero-order valence-corrected chi connectivity index (χ0v) is 59.9. The quantitative estimate of drug-likeness (QED) is 0.0176. The van der Waals surface area contributed by atoms with Gasteiger partial charge < -0.3 is 81.3 Å². The van der Waals surface area contributed by atoms with Gasteiger partial charge in [0, 0.05) is 54.1 Å². The average molecular weight is 1560 g/mol. The molecule has 0 spiro atoms. The van der Waals surface area contributed by atoms with Crippen molar-refractivity contribution >= 4 is 123 Å². The van der Waals surface area contributed by atoms with Gasteiger partial charge in [-0.15, -0.1) is 0 Å². The molecule has 13 rings (SSSR count).